The first-order chi connectivity index (χ1) is 15.2. The number of rotatable bonds is 4. The summed E-state index contributed by atoms with van der Waals surface area (Å²) in [5, 5.41) is 6.44. The predicted molar refractivity (Wildman–Crippen MR) is 141 cm³/mol. The van der Waals surface area contributed by atoms with Crippen molar-refractivity contribution in [3.8, 4) is 0 Å². The molecule has 0 radical (unpaired) electrons. The second-order valence-corrected chi connectivity index (χ2v) is 11.2. The summed E-state index contributed by atoms with van der Waals surface area (Å²) in [7, 11) is 0. The number of aromatic nitrogens is 1. The van der Waals surface area contributed by atoms with Crippen molar-refractivity contribution < 1.29 is 4.79 Å². The summed E-state index contributed by atoms with van der Waals surface area (Å²) < 4.78 is 2.93. The van der Waals surface area contributed by atoms with Gasteiger partial charge in [0.05, 0.1) is 16.4 Å². The second kappa shape index (κ2) is 9.25. The van der Waals surface area contributed by atoms with E-state index in [2.05, 4.69) is 62.7 Å². The lowest BCUT2D eigenvalue weighted by Gasteiger charge is -2.19. The summed E-state index contributed by atoms with van der Waals surface area (Å²) in [4.78, 5) is 18.2. The van der Waals surface area contributed by atoms with Gasteiger partial charge in [-0.15, -0.1) is 0 Å². The zero-order valence-corrected chi connectivity index (χ0v) is 21.8. The fourth-order valence-electron chi connectivity index (χ4n) is 3.07. The highest BCUT2D eigenvalue weighted by molar-refractivity contribution is 9.10. The van der Waals surface area contributed by atoms with E-state index in [0.717, 1.165) is 24.7 Å². The Labute approximate surface area is 208 Å². The van der Waals surface area contributed by atoms with Gasteiger partial charge < -0.3 is 0 Å². The van der Waals surface area contributed by atoms with Crippen LogP contribution in [0.15, 0.2) is 80.8 Å². The molecule has 0 bridgehead atoms. The van der Waals surface area contributed by atoms with Gasteiger partial charge >= 0.3 is 0 Å². The van der Waals surface area contributed by atoms with Crippen LogP contribution in [0.5, 0.6) is 0 Å². The number of halogens is 2. The molecule has 4 nitrogen and oxygen atoms in total. The molecule has 4 aromatic rings. The third kappa shape index (κ3) is 5.17. The molecule has 1 aromatic heterocycles. The van der Waals surface area contributed by atoms with Crippen molar-refractivity contribution in [3.05, 3.63) is 92.4 Å². The Morgan fingerprint density at radius 2 is 1.62 bits per heavy atom. The molecule has 0 spiro atoms. The molecule has 0 aliphatic heterocycles. The van der Waals surface area contributed by atoms with Crippen LogP contribution in [0.2, 0.25) is 0 Å². The Morgan fingerprint density at radius 3 is 2.28 bits per heavy atom. The summed E-state index contributed by atoms with van der Waals surface area (Å²) >= 11 is 8.37. The van der Waals surface area contributed by atoms with Crippen molar-refractivity contribution in [3.63, 3.8) is 0 Å². The number of benzene rings is 3. The van der Waals surface area contributed by atoms with Gasteiger partial charge in [0.25, 0.3) is 5.91 Å². The number of hydrogen-bond acceptors (Lipinski definition) is 4. The Kier molecular flexibility index (Phi) is 6.60. The summed E-state index contributed by atoms with van der Waals surface area (Å²) in [6.45, 7) is 6.45. The number of nitrogens with zero attached hydrogens (tertiary/aromatic N) is 3. The molecule has 1 heterocycles. The SMILES string of the molecule is CC(C)(C)c1ccc(C(=O)N(/N=C/c2ccc(Br)cc2)c2nc3ccc(Br)cc3s2)cc1. The van der Waals surface area contributed by atoms with Crippen LogP contribution in [0.25, 0.3) is 10.2 Å². The van der Waals surface area contributed by atoms with Crippen molar-refractivity contribution in [1.82, 2.24) is 4.98 Å². The fraction of sp³-hybridized carbons (Fsp3) is 0.160. The maximum atomic E-state index is 13.5. The molecule has 0 aliphatic rings. The topological polar surface area (TPSA) is 45.6 Å². The Balaban J connectivity index is 1.73. The van der Waals surface area contributed by atoms with Crippen molar-refractivity contribution in [1.29, 1.82) is 0 Å². The standard InChI is InChI=1S/C25H21Br2N3OS/c1-25(2,3)18-8-6-17(7-9-18)23(31)30(28-15-16-4-10-19(26)11-5-16)24-29-21-13-12-20(27)14-22(21)32-24/h4-15H,1-3H3/b28-15+. The molecule has 0 N–H and O–H groups in total. The number of anilines is 1. The van der Waals surface area contributed by atoms with Crippen LogP contribution in [0.4, 0.5) is 5.13 Å². The molecular weight excluding hydrogens is 550 g/mol. The Hall–Kier alpha value is -2.35. The fourth-order valence-corrected chi connectivity index (χ4v) is 4.81. The van der Waals surface area contributed by atoms with Crippen LogP contribution in [-0.4, -0.2) is 17.1 Å². The van der Waals surface area contributed by atoms with Gasteiger partial charge in [0.15, 0.2) is 0 Å². The van der Waals surface area contributed by atoms with Crippen LogP contribution >= 0.6 is 43.2 Å². The van der Waals surface area contributed by atoms with Gasteiger partial charge in [-0.05, 0) is 59.0 Å². The number of amides is 1. The van der Waals surface area contributed by atoms with Crippen LogP contribution in [-0.2, 0) is 5.41 Å². The summed E-state index contributed by atoms with van der Waals surface area (Å²) in [6, 6.07) is 21.3. The molecule has 7 heteroatoms. The lowest BCUT2D eigenvalue weighted by atomic mass is 9.87. The number of carbonyl (C=O) groups is 1. The summed E-state index contributed by atoms with van der Waals surface area (Å²) in [5.74, 6) is -0.225. The zero-order valence-electron chi connectivity index (χ0n) is 17.8. The third-order valence-electron chi connectivity index (χ3n) is 4.90. The maximum absolute atomic E-state index is 13.5. The van der Waals surface area contributed by atoms with Gasteiger partial charge in [-0.2, -0.15) is 10.1 Å². The molecule has 0 atom stereocenters. The first-order valence-electron chi connectivity index (χ1n) is 10.0. The number of thiazole rings is 1. The van der Waals surface area contributed by atoms with Gasteiger partial charge in [0, 0.05) is 14.5 Å². The van der Waals surface area contributed by atoms with Gasteiger partial charge in [-0.3, -0.25) is 4.79 Å². The molecule has 0 fully saturated rings. The second-order valence-electron chi connectivity index (χ2n) is 8.35. The highest BCUT2D eigenvalue weighted by atomic mass is 79.9. The van der Waals surface area contributed by atoms with Crippen molar-refractivity contribution in [2.45, 2.75) is 26.2 Å². The largest absolute Gasteiger partial charge is 0.280 e. The normalized spacial score (nSPS) is 11.9. The lowest BCUT2D eigenvalue weighted by molar-refractivity contribution is 0.0988. The van der Waals surface area contributed by atoms with E-state index in [1.165, 1.54) is 21.9 Å². The van der Waals surface area contributed by atoms with Crippen molar-refractivity contribution in [2.24, 2.45) is 5.10 Å². The third-order valence-corrected chi connectivity index (χ3v) is 6.92. The highest BCUT2D eigenvalue weighted by Gasteiger charge is 2.22. The van der Waals surface area contributed by atoms with E-state index < -0.39 is 0 Å². The smallest absolute Gasteiger partial charge is 0.267 e. The van der Waals surface area contributed by atoms with Crippen LogP contribution in [0.1, 0.15) is 42.3 Å². The van der Waals surface area contributed by atoms with Crippen LogP contribution in [0.3, 0.4) is 0 Å². The first kappa shape index (κ1) is 22.8. The molecule has 1 amide bonds. The van der Waals surface area contributed by atoms with E-state index in [-0.39, 0.29) is 11.3 Å². The minimum atomic E-state index is -0.225. The van der Waals surface area contributed by atoms with E-state index in [0.29, 0.717) is 10.7 Å². The highest BCUT2D eigenvalue weighted by Crippen LogP contribution is 2.32. The number of hydrazone groups is 1. The molecular formula is C25H21Br2N3OS. The lowest BCUT2D eigenvalue weighted by Crippen LogP contribution is -2.25. The van der Waals surface area contributed by atoms with Gasteiger partial charge in [0.1, 0.15) is 0 Å². The van der Waals surface area contributed by atoms with E-state index in [1.807, 2.05) is 66.7 Å². The quantitative estimate of drug-likeness (QED) is 0.185. The Morgan fingerprint density at radius 1 is 0.969 bits per heavy atom. The molecule has 3 aromatic carbocycles. The monoisotopic (exact) mass is 569 g/mol. The average molecular weight is 571 g/mol. The number of hydrogen-bond donors (Lipinski definition) is 0. The molecule has 162 valence electrons. The summed E-state index contributed by atoms with van der Waals surface area (Å²) in [6.07, 6.45) is 1.68. The molecule has 0 saturated carbocycles. The average Bonchev–Trinajstić information content (AvgIpc) is 3.17. The van der Waals surface area contributed by atoms with Gasteiger partial charge in [-0.1, -0.05) is 88.2 Å². The van der Waals surface area contributed by atoms with Crippen molar-refractivity contribution >= 4 is 70.7 Å². The van der Waals surface area contributed by atoms with Gasteiger partial charge in [0.2, 0.25) is 5.13 Å². The maximum Gasteiger partial charge on any atom is 0.280 e. The molecule has 0 aliphatic carbocycles. The molecule has 32 heavy (non-hydrogen) atoms. The number of carbonyl (C=O) groups excluding carboxylic acids is 1. The van der Waals surface area contributed by atoms with E-state index in [9.17, 15) is 4.79 Å². The summed E-state index contributed by atoms with van der Waals surface area (Å²) in [5.41, 5.74) is 3.46. The first-order valence-corrected chi connectivity index (χ1v) is 12.4. The van der Waals surface area contributed by atoms with Crippen LogP contribution in [0, 0.1) is 0 Å². The minimum absolute atomic E-state index is 0.0153. The zero-order chi connectivity index (χ0) is 22.9. The predicted octanol–water partition coefficient (Wildman–Crippen LogP) is 7.80. The number of fused-ring (bicyclic) bond motifs is 1. The van der Waals surface area contributed by atoms with Crippen molar-refractivity contribution in [2.75, 3.05) is 5.01 Å². The van der Waals surface area contributed by atoms with Gasteiger partial charge in [-0.25, -0.2) is 4.98 Å². The molecule has 4 rings (SSSR count). The molecule has 0 unspecified atom stereocenters. The minimum Gasteiger partial charge on any atom is -0.267 e. The Bertz CT molecular complexity index is 1290. The van der Waals surface area contributed by atoms with Crippen LogP contribution < -0.4 is 5.01 Å². The van der Waals surface area contributed by atoms with E-state index >= 15 is 0 Å². The van der Waals surface area contributed by atoms with E-state index in [1.54, 1.807) is 6.21 Å². The molecule has 0 saturated heterocycles. The van der Waals surface area contributed by atoms with E-state index in [4.69, 9.17) is 0 Å².